The monoisotopic (exact) mass is 440 g/mol. The summed E-state index contributed by atoms with van der Waals surface area (Å²) in [5.41, 5.74) is 2.56. The molecule has 2 aromatic carbocycles. The Hall–Kier alpha value is -3.33. The van der Waals surface area contributed by atoms with Gasteiger partial charge in [0.2, 0.25) is 17.7 Å². The highest BCUT2D eigenvalue weighted by Gasteiger charge is 2.16. The van der Waals surface area contributed by atoms with Crippen LogP contribution < -0.4 is 10.1 Å². The molecule has 0 aliphatic heterocycles. The number of hydrogen-bond acceptors (Lipinski definition) is 7. The Morgan fingerprint density at radius 1 is 1.10 bits per heavy atom. The van der Waals surface area contributed by atoms with E-state index in [1.807, 2.05) is 62.4 Å². The molecule has 3 aromatic rings. The van der Waals surface area contributed by atoms with E-state index >= 15 is 0 Å². The van der Waals surface area contributed by atoms with Gasteiger partial charge < -0.3 is 19.4 Å². The minimum atomic E-state index is -0.264. The van der Waals surface area contributed by atoms with Gasteiger partial charge in [0.1, 0.15) is 5.75 Å². The quantitative estimate of drug-likeness (QED) is 0.507. The van der Waals surface area contributed by atoms with Crippen LogP contribution in [0.2, 0.25) is 0 Å². The molecule has 0 saturated carbocycles. The minimum Gasteiger partial charge on any atom is -0.494 e. The van der Waals surface area contributed by atoms with E-state index in [1.165, 1.54) is 4.90 Å². The van der Waals surface area contributed by atoms with Gasteiger partial charge in [0, 0.05) is 18.3 Å². The molecule has 0 saturated heterocycles. The molecule has 0 unspecified atom stereocenters. The molecule has 8 nitrogen and oxygen atoms in total. The summed E-state index contributed by atoms with van der Waals surface area (Å²) in [6.45, 7) is 4.44. The molecule has 0 spiro atoms. The van der Waals surface area contributed by atoms with Gasteiger partial charge in [-0.05, 0) is 50.2 Å². The standard InChI is InChI=1S/C22H24N4O4S/c1-4-29-18-11-7-16(8-12-18)21-24-25-22(30-21)31-14-20(28)26(3)13-19(27)23-17-9-5-15(2)6-10-17/h5-12H,4,13-14H2,1-3H3,(H,23,27). The second kappa shape index (κ2) is 10.6. The highest BCUT2D eigenvalue weighted by Crippen LogP contribution is 2.25. The number of carbonyl (C=O) groups excluding carboxylic acids is 2. The molecule has 1 heterocycles. The van der Waals surface area contributed by atoms with Gasteiger partial charge in [-0.1, -0.05) is 29.5 Å². The fraction of sp³-hybridized carbons (Fsp3) is 0.273. The highest BCUT2D eigenvalue weighted by molar-refractivity contribution is 7.99. The van der Waals surface area contributed by atoms with Crippen molar-refractivity contribution in [1.82, 2.24) is 15.1 Å². The number of nitrogens with zero attached hydrogens (tertiary/aromatic N) is 3. The zero-order valence-corrected chi connectivity index (χ0v) is 18.4. The van der Waals surface area contributed by atoms with Crippen LogP contribution in [0.3, 0.4) is 0 Å². The van der Waals surface area contributed by atoms with E-state index in [-0.39, 0.29) is 29.3 Å². The first-order valence-electron chi connectivity index (χ1n) is 9.74. The van der Waals surface area contributed by atoms with Gasteiger partial charge in [0.05, 0.1) is 18.9 Å². The Labute approximate surface area is 185 Å². The largest absolute Gasteiger partial charge is 0.494 e. The van der Waals surface area contributed by atoms with Crippen molar-refractivity contribution in [1.29, 1.82) is 0 Å². The molecular weight excluding hydrogens is 416 g/mol. The van der Waals surface area contributed by atoms with E-state index in [1.54, 1.807) is 7.05 Å². The summed E-state index contributed by atoms with van der Waals surface area (Å²) in [7, 11) is 1.58. The average Bonchev–Trinajstić information content (AvgIpc) is 3.23. The van der Waals surface area contributed by atoms with Crippen LogP contribution in [0.5, 0.6) is 5.75 Å². The van der Waals surface area contributed by atoms with E-state index < -0.39 is 0 Å². The van der Waals surface area contributed by atoms with E-state index in [0.717, 1.165) is 28.6 Å². The number of likely N-dealkylation sites (N-methyl/N-ethyl adjacent to an activating group) is 1. The SMILES string of the molecule is CCOc1ccc(-c2nnc(SCC(=O)N(C)CC(=O)Nc3ccc(C)cc3)o2)cc1. The van der Waals surface area contributed by atoms with E-state index in [9.17, 15) is 9.59 Å². The van der Waals surface area contributed by atoms with Crippen molar-refractivity contribution in [2.24, 2.45) is 0 Å². The second-order valence-corrected chi connectivity index (χ2v) is 7.71. The van der Waals surface area contributed by atoms with Crippen LogP contribution in [0.25, 0.3) is 11.5 Å². The number of rotatable bonds is 9. The minimum absolute atomic E-state index is 0.0471. The number of amides is 2. The molecule has 1 N–H and O–H groups in total. The first-order valence-corrected chi connectivity index (χ1v) is 10.7. The lowest BCUT2D eigenvalue weighted by atomic mass is 10.2. The Kier molecular flexibility index (Phi) is 7.66. The zero-order chi connectivity index (χ0) is 22.2. The van der Waals surface area contributed by atoms with Crippen LogP contribution in [-0.2, 0) is 9.59 Å². The summed E-state index contributed by atoms with van der Waals surface area (Å²) < 4.78 is 11.0. The highest BCUT2D eigenvalue weighted by atomic mass is 32.2. The third kappa shape index (κ3) is 6.58. The number of aromatic nitrogens is 2. The van der Waals surface area contributed by atoms with Crippen molar-refractivity contribution in [3.8, 4) is 17.2 Å². The van der Waals surface area contributed by atoms with Crippen molar-refractivity contribution in [2.75, 3.05) is 31.3 Å². The van der Waals surface area contributed by atoms with Crippen molar-refractivity contribution < 1.29 is 18.7 Å². The predicted molar refractivity (Wildman–Crippen MR) is 119 cm³/mol. The Morgan fingerprint density at radius 3 is 2.48 bits per heavy atom. The molecule has 0 atom stereocenters. The van der Waals surface area contributed by atoms with Crippen molar-refractivity contribution in [2.45, 2.75) is 19.1 Å². The molecule has 0 bridgehead atoms. The first kappa shape index (κ1) is 22.4. The molecule has 0 radical (unpaired) electrons. The lowest BCUT2D eigenvalue weighted by molar-refractivity contribution is -0.131. The number of nitrogens with one attached hydrogen (secondary N) is 1. The molecule has 1 aromatic heterocycles. The van der Waals surface area contributed by atoms with Crippen LogP contribution in [0.15, 0.2) is 58.2 Å². The summed E-state index contributed by atoms with van der Waals surface area (Å²) in [6, 6.07) is 14.8. The Morgan fingerprint density at radius 2 is 1.81 bits per heavy atom. The van der Waals surface area contributed by atoms with Crippen LogP contribution in [-0.4, -0.2) is 52.9 Å². The van der Waals surface area contributed by atoms with Crippen LogP contribution in [0.4, 0.5) is 5.69 Å². The summed E-state index contributed by atoms with van der Waals surface area (Å²) in [5, 5.41) is 11.0. The van der Waals surface area contributed by atoms with E-state index in [4.69, 9.17) is 9.15 Å². The van der Waals surface area contributed by atoms with Crippen molar-refractivity contribution in [3.05, 3.63) is 54.1 Å². The first-order chi connectivity index (χ1) is 14.9. The molecule has 3 rings (SSSR count). The van der Waals surface area contributed by atoms with Gasteiger partial charge in [-0.2, -0.15) is 0 Å². The number of benzene rings is 2. The number of thioether (sulfide) groups is 1. The summed E-state index contributed by atoms with van der Waals surface area (Å²) >= 11 is 1.13. The van der Waals surface area contributed by atoms with Crippen LogP contribution >= 0.6 is 11.8 Å². The maximum Gasteiger partial charge on any atom is 0.277 e. The fourth-order valence-electron chi connectivity index (χ4n) is 2.62. The molecule has 31 heavy (non-hydrogen) atoms. The maximum absolute atomic E-state index is 12.3. The second-order valence-electron chi connectivity index (χ2n) is 6.78. The van der Waals surface area contributed by atoms with Gasteiger partial charge in [-0.15, -0.1) is 10.2 Å². The molecule has 0 fully saturated rings. The summed E-state index contributed by atoms with van der Waals surface area (Å²) in [4.78, 5) is 25.9. The zero-order valence-electron chi connectivity index (χ0n) is 17.6. The molecule has 0 aliphatic carbocycles. The van der Waals surface area contributed by atoms with Crippen LogP contribution in [0, 0.1) is 6.92 Å². The molecular formula is C22H24N4O4S. The number of ether oxygens (including phenoxy) is 1. The van der Waals surface area contributed by atoms with E-state index in [0.29, 0.717) is 18.2 Å². The Balaban J connectivity index is 1.47. The fourth-order valence-corrected chi connectivity index (χ4v) is 3.32. The predicted octanol–water partition coefficient (Wildman–Crippen LogP) is 3.63. The number of aryl methyl sites for hydroxylation is 1. The smallest absolute Gasteiger partial charge is 0.277 e. The molecule has 2 amide bonds. The van der Waals surface area contributed by atoms with Gasteiger partial charge >= 0.3 is 0 Å². The van der Waals surface area contributed by atoms with Gasteiger partial charge in [-0.25, -0.2) is 0 Å². The lowest BCUT2D eigenvalue weighted by Crippen LogP contribution is -2.35. The van der Waals surface area contributed by atoms with Crippen LogP contribution in [0.1, 0.15) is 12.5 Å². The topological polar surface area (TPSA) is 97.6 Å². The molecule has 162 valence electrons. The average molecular weight is 441 g/mol. The summed E-state index contributed by atoms with van der Waals surface area (Å²) in [6.07, 6.45) is 0. The normalized spacial score (nSPS) is 10.5. The molecule has 9 heteroatoms. The number of anilines is 1. The number of carbonyl (C=O) groups is 2. The van der Waals surface area contributed by atoms with Crippen molar-refractivity contribution >= 4 is 29.3 Å². The lowest BCUT2D eigenvalue weighted by Gasteiger charge is -2.16. The van der Waals surface area contributed by atoms with E-state index in [2.05, 4.69) is 15.5 Å². The third-order valence-electron chi connectivity index (χ3n) is 4.28. The van der Waals surface area contributed by atoms with Crippen molar-refractivity contribution in [3.63, 3.8) is 0 Å². The maximum atomic E-state index is 12.3. The third-order valence-corrected chi connectivity index (χ3v) is 5.08. The number of hydrogen-bond donors (Lipinski definition) is 1. The van der Waals surface area contributed by atoms with Gasteiger partial charge in [0.25, 0.3) is 5.22 Å². The molecule has 0 aliphatic rings. The Bertz CT molecular complexity index is 1020. The van der Waals surface area contributed by atoms with Gasteiger partial charge in [0.15, 0.2) is 0 Å². The van der Waals surface area contributed by atoms with Gasteiger partial charge in [-0.3, -0.25) is 9.59 Å². The summed E-state index contributed by atoms with van der Waals surface area (Å²) in [5.74, 6) is 0.730.